The number of rotatable bonds is 4. The lowest BCUT2D eigenvalue weighted by atomic mass is 10.1. The summed E-state index contributed by atoms with van der Waals surface area (Å²) in [6.07, 6.45) is 4.44. The van der Waals surface area contributed by atoms with Crippen LogP contribution < -0.4 is 10.2 Å². The van der Waals surface area contributed by atoms with Crippen LogP contribution in [0.3, 0.4) is 0 Å². The zero-order chi connectivity index (χ0) is 14.8. The van der Waals surface area contributed by atoms with E-state index >= 15 is 0 Å². The number of benzene rings is 1. The normalized spacial score (nSPS) is 20.0. The molecule has 2 aromatic rings. The van der Waals surface area contributed by atoms with Crippen molar-refractivity contribution in [1.82, 2.24) is 15.5 Å². The summed E-state index contributed by atoms with van der Waals surface area (Å²) in [5, 5.41) is 10.1. The Morgan fingerprint density at radius 3 is 3.10 bits per heavy atom. The third-order valence-electron chi connectivity index (χ3n) is 3.80. The Labute approximate surface area is 131 Å². The van der Waals surface area contributed by atoms with Gasteiger partial charge in [0.15, 0.2) is 0 Å². The highest BCUT2D eigenvalue weighted by atomic mass is 79.9. The first-order chi connectivity index (χ1) is 10.1. The second-order valence-corrected chi connectivity index (χ2v) is 6.15. The molecule has 1 aromatic carbocycles. The molecule has 1 saturated heterocycles. The lowest BCUT2D eigenvalue weighted by molar-refractivity contribution is -0.119. The van der Waals surface area contributed by atoms with Crippen molar-refractivity contribution in [2.45, 2.75) is 25.4 Å². The number of aromatic amines is 1. The highest BCUT2D eigenvalue weighted by Crippen LogP contribution is 2.25. The van der Waals surface area contributed by atoms with Gasteiger partial charge >= 0.3 is 0 Å². The van der Waals surface area contributed by atoms with Crippen LogP contribution in [0.2, 0.25) is 0 Å². The molecule has 2 heterocycles. The predicted molar refractivity (Wildman–Crippen MR) is 85.0 cm³/mol. The first kappa shape index (κ1) is 14.3. The van der Waals surface area contributed by atoms with Crippen molar-refractivity contribution in [3.63, 3.8) is 0 Å². The van der Waals surface area contributed by atoms with Gasteiger partial charge in [-0.05, 0) is 31.5 Å². The molecular weight excluding hydrogens is 332 g/mol. The number of aromatic nitrogens is 2. The summed E-state index contributed by atoms with van der Waals surface area (Å²) in [4.78, 5) is 14.4. The van der Waals surface area contributed by atoms with Crippen LogP contribution in [-0.4, -0.2) is 28.7 Å². The van der Waals surface area contributed by atoms with Crippen LogP contribution in [0.1, 0.15) is 24.9 Å². The summed E-state index contributed by atoms with van der Waals surface area (Å²) in [6.45, 7) is 2.78. The van der Waals surface area contributed by atoms with E-state index in [0.717, 1.165) is 28.7 Å². The SMILES string of the molecule is C[C@H](N[C@@H]1CCN(c2cccc(Br)c2)C1=O)c1cn[nH]c1. The van der Waals surface area contributed by atoms with Crippen LogP contribution in [0.15, 0.2) is 41.1 Å². The van der Waals surface area contributed by atoms with Gasteiger partial charge < -0.3 is 4.90 Å². The first-order valence-electron chi connectivity index (χ1n) is 6.97. The monoisotopic (exact) mass is 348 g/mol. The van der Waals surface area contributed by atoms with Crippen molar-refractivity contribution in [2.24, 2.45) is 0 Å². The quantitative estimate of drug-likeness (QED) is 0.892. The second-order valence-electron chi connectivity index (χ2n) is 5.23. The zero-order valence-corrected chi connectivity index (χ0v) is 13.3. The molecular formula is C15H17BrN4O. The number of amides is 1. The van der Waals surface area contributed by atoms with Crippen LogP contribution in [-0.2, 0) is 4.79 Å². The van der Waals surface area contributed by atoms with Gasteiger partial charge in [0, 0.05) is 34.5 Å². The number of H-pyrrole nitrogens is 1. The largest absolute Gasteiger partial charge is 0.311 e. The number of halogens is 1. The van der Waals surface area contributed by atoms with E-state index in [4.69, 9.17) is 0 Å². The molecule has 1 aromatic heterocycles. The van der Waals surface area contributed by atoms with Gasteiger partial charge in [-0.15, -0.1) is 0 Å². The number of nitrogens with zero attached hydrogens (tertiary/aromatic N) is 2. The highest BCUT2D eigenvalue weighted by molar-refractivity contribution is 9.10. The lowest BCUT2D eigenvalue weighted by Gasteiger charge is -2.19. The summed E-state index contributed by atoms with van der Waals surface area (Å²) in [5.74, 6) is 0.128. The maximum absolute atomic E-state index is 12.5. The molecule has 2 N–H and O–H groups in total. The molecule has 0 spiro atoms. The van der Waals surface area contributed by atoms with E-state index in [0.29, 0.717) is 0 Å². The number of nitrogens with one attached hydrogen (secondary N) is 2. The highest BCUT2D eigenvalue weighted by Gasteiger charge is 2.33. The molecule has 110 valence electrons. The average molecular weight is 349 g/mol. The van der Waals surface area contributed by atoms with Gasteiger partial charge in [0.05, 0.1) is 12.2 Å². The molecule has 21 heavy (non-hydrogen) atoms. The molecule has 1 fully saturated rings. The lowest BCUT2D eigenvalue weighted by Crippen LogP contribution is -2.39. The fourth-order valence-electron chi connectivity index (χ4n) is 2.63. The summed E-state index contributed by atoms with van der Waals surface area (Å²) < 4.78 is 0.982. The summed E-state index contributed by atoms with van der Waals surface area (Å²) in [5.41, 5.74) is 2.00. The summed E-state index contributed by atoms with van der Waals surface area (Å²) in [7, 11) is 0. The topological polar surface area (TPSA) is 61.0 Å². The summed E-state index contributed by atoms with van der Waals surface area (Å²) in [6, 6.07) is 7.79. The molecule has 0 saturated carbocycles. The fraction of sp³-hybridized carbons (Fsp3) is 0.333. The van der Waals surface area contributed by atoms with Crippen molar-refractivity contribution in [3.05, 3.63) is 46.7 Å². The molecule has 1 amide bonds. The number of carbonyl (C=O) groups is 1. The molecule has 2 atom stereocenters. The Balaban J connectivity index is 1.69. The van der Waals surface area contributed by atoms with E-state index in [9.17, 15) is 4.79 Å². The Bertz CT molecular complexity index is 628. The van der Waals surface area contributed by atoms with Gasteiger partial charge in [0.1, 0.15) is 0 Å². The fourth-order valence-corrected chi connectivity index (χ4v) is 3.02. The van der Waals surface area contributed by atoms with E-state index in [-0.39, 0.29) is 18.0 Å². The van der Waals surface area contributed by atoms with Crippen molar-refractivity contribution in [2.75, 3.05) is 11.4 Å². The van der Waals surface area contributed by atoms with E-state index in [2.05, 4.69) is 31.4 Å². The number of hydrogen-bond donors (Lipinski definition) is 2. The van der Waals surface area contributed by atoms with Crippen LogP contribution in [0.25, 0.3) is 0 Å². The maximum atomic E-state index is 12.5. The van der Waals surface area contributed by atoms with E-state index < -0.39 is 0 Å². The molecule has 0 unspecified atom stereocenters. The number of anilines is 1. The Kier molecular flexibility index (Phi) is 4.07. The van der Waals surface area contributed by atoms with Gasteiger partial charge in [-0.1, -0.05) is 22.0 Å². The molecule has 0 bridgehead atoms. The first-order valence-corrected chi connectivity index (χ1v) is 7.76. The van der Waals surface area contributed by atoms with E-state index in [1.165, 1.54) is 0 Å². The van der Waals surface area contributed by atoms with Crippen molar-refractivity contribution in [3.8, 4) is 0 Å². The number of carbonyl (C=O) groups excluding carboxylic acids is 1. The third-order valence-corrected chi connectivity index (χ3v) is 4.29. The van der Waals surface area contributed by atoms with Gasteiger partial charge in [0.25, 0.3) is 0 Å². The van der Waals surface area contributed by atoms with Crippen molar-refractivity contribution >= 4 is 27.5 Å². The van der Waals surface area contributed by atoms with Crippen LogP contribution in [0.5, 0.6) is 0 Å². The Hall–Kier alpha value is -1.66. The molecule has 0 aliphatic carbocycles. The molecule has 1 aliphatic heterocycles. The maximum Gasteiger partial charge on any atom is 0.244 e. The standard InChI is InChI=1S/C15H17BrN4O/c1-10(11-8-17-18-9-11)19-14-5-6-20(15(14)21)13-4-2-3-12(16)7-13/h2-4,7-10,14,19H,5-6H2,1H3,(H,17,18)/t10-,14+/m0/s1. The van der Waals surface area contributed by atoms with Gasteiger partial charge in [0.2, 0.25) is 5.91 Å². The van der Waals surface area contributed by atoms with E-state index in [1.807, 2.05) is 42.3 Å². The minimum atomic E-state index is -0.145. The molecule has 3 rings (SSSR count). The minimum absolute atomic E-state index is 0.0974. The van der Waals surface area contributed by atoms with Crippen molar-refractivity contribution < 1.29 is 4.79 Å². The molecule has 1 aliphatic rings. The minimum Gasteiger partial charge on any atom is -0.311 e. The second kappa shape index (κ2) is 5.99. The third kappa shape index (κ3) is 3.01. The smallest absolute Gasteiger partial charge is 0.244 e. The van der Waals surface area contributed by atoms with Crippen LogP contribution >= 0.6 is 15.9 Å². The molecule has 5 nitrogen and oxygen atoms in total. The van der Waals surface area contributed by atoms with Crippen LogP contribution in [0.4, 0.5) is 5.69 Å². The number of hydrogen-bond acceptors (Lipinski definition) is 3. The Morgan fingerprint density at radius 2 is 2.38 bits per heavy atom. The Morgan fingerprint density at radius 1 is 1.52 bits per heavy atom. The van der Waals surface area contributed by atoms with E-state index in [1.54, 1.807) is 6.20 Å². The molecule has 6 heteroatoms. The van der Waals surface area contributed by atoms with Gasteiger partial charge in [-0.3, -0.25) is 15.2 Å². The summed E-state index contributed by atoms with van der Waals surface area (Å²) >= 11 is 3.45. The van der Waals surface area contributed by atoms with Gasteiger partial charge in [-0.2, -0.15) is 5.10 Å². The average Bonchev–Trinajstić information content (AvgIpc) is 3.10. The predicted octanol–water partition coefficient (Wildman–Crippen LogP) is 2.63. The molecule has 0 radical (unpaired) electrons. The van der Waals surface area contributed by atoms with Crippen molar-refractivity contribution in [1.29, 1.82) is 0 Å². The van der Waals surface area contributed by atoms with Gasteiger partial charge in [-0.25, -0.2) is 0 Å². The van der Waals surface area contributed by atoms with Crippen LogP contribution in [0, 0.1) is 0 Å². The zero-order valence-electron chi connectivity index (χ0n) is 11.7.